The van der Waals surface area contributed by atoms with Crippen molar-refractivity contribution in [3.63, 3.8) is 0 Å². The van der Waals surface area contributed by atoms with E-state index in [1.165, 1.54) is 17.5 Å². The zero-order valence-corrected chi connectivity index (χ0v) is 18.0. The van der Waals surface area contributed by atoms with Gasteiger partial charge in [-0.05, 0) is 43.0 Å². The lowest BCUT2D eigenvalue weighted by molar-refractivity contribution is 0.427. The number of fused-ring (bicyclic) bond motifs is 1. The Morgan fingerprint density at radius 2 is 2.00 bits per heavy atom. The maximum Gasteiger partial charge on any atom is 0.228 e. The van der Waals surface area contributed by atoms with E-state index in [4.69, 9.17) is 9.40 Å². The summed E-state index contributed by atoms with van der Waals surface area (Å²) >= 11 is 3.44. The van der Waals surface area contributed by atoms with Crippen molar-refractivity contribution in [3.8, 4) is 0 Å². The third kappa shape index (κ3) is 4.04. The summed E-state index contributed by atoms with van der Waals surface area (Å²) < 4.78 is 9.02. The first-order valence-corrected chi connectivity index (χ1v) is 11.7. The van der Waals surface area contributed by atoms with Gasteiger partial charge in [-0.2, -0.15) is 0 Å². The van der Waals surface area contributed by atoms with Crippen molar-refractivity contribution < 1.29 is 4.42 Å². The minimum Gasteiger partial charge on any atom is -0.467 e. The van der Waals surface area contributed by atoms with Crippen molar-refractivity contribution in [1.29, 1.82) is 0 Å². The van der Waals surface area contributed by atoms with Crippen LogP contribution in [0.25, 0.3) is 10.2 Å². The first-order valence-electron chi connectivity index (χ1n) is 9.94. The van der Waals surface area contributed by atoms with Crippen molar-refractivity contribution in [3.05, 3.63) is 53.4 Å². The van der Waals surface area contributed by atoms with E-state index in [1.807, 2.05) is 18.2 Å². The Morgan fingerprint density at radius 3 is 2.79 bits per heavy atom. The highest BCUT2D eigenvalue weighted by molar-refractivity contribution is 7.98. The van der Waals surface area contributed by atoms with Crippen molar-refractivity contribution in [1.82, 2.24) is 19.7 Å². The van der Waals surface area contributed by atoms with E-state index in [0.29, 0.717) is 6.54 Å². The predicted octanol–water partition coefficient (Wildman–Crippen LogP) is 5.06. The summed E-state index contributed by atoms with van der Waals surface area (Å²) in [5, 5.41) is 11.1. The lowest BCUT2D eigenvalue weighted by atomic mass is 10.00. The molecule has 1 aromatic carbocycles. The molecule has 0 N–H and O–H groups in total. The van der Waals surface area contributed by atoms with Gasteiger partial charge >= 0.3 is 0 Å². The number of hydrogen-bond acceptors (Lipinski definition) is 7. The van der Waals surface area contributed by atoms with Gasteiger partial charge in [0.05, 0.1) is 28.8 Å². The molecule has 1 aliphatic rings. The van der Waals surface area contributed by atoms with E-state index in [9.17, 15) is 0 Å². The van der Waals surface area contributed by atoms with E-state index < -0.39 is 0 Å². The smallest absolute Gasteiger partial charge is 0.228 e. The Morgan fingerprint density at radius 1 is 1.14 bits per heavy atom. The average Bonchev–Trinajstić information content (AvgIpc) is 3.47. The van der Waals surface area contributed by atoms with Gasteiger partial charge in [-0.15, -0.1) is 21.5 Å². The summed E-state index contributed by atoms with van der Waals surface area (Å²) in [4.78, 5) is 7.11. The fraction of sp³-hybridized carbons (Fsp3) is 0.381. The van der Waals surface area contributed by atoms with Crippen LogP contribution in [0.3, 0.4) is 0 Å². The van der Waals surface area contributed by atoms with Crippen LogP contribution in [-0.4, -0.2) is 32.8 Å². The van der Waals surface area contributed by atoms with E-state index in [2.05, 4.69) is 44.8 Å². The normalized spacial score (nSPS) is 15.4. The molecule has 1 saturated heterocycles. The number of thiazole rings is 1. The molecule has 5 rings (SSSR count). The first kappa shape index (κ1) is 18.7. The molecule has 4 aromatic rings. The average molecular weight is 426 g/mol. The lowest BCUT2D eigenvalue weighted by Gasteiger charge is -2.31. The highest BCUT2D eigenvalue weighted by Gasteiger charge is 2.23. The summed E-state index contributed by atoms with van der Waals surface area (Å²) in [6.07, 6.45) is 4.11. The van der Waals surface area contributed by atoms with Gasteiger partial charge < -0.3 is 9.32 Å². The molecule has 1 fully saturated rings. The molecule has 0 atom stereocenters. The zero-order chi connectivity index (χ0) is 19.6. The maximum absolute atomic E-state index is 5.61. The quantitative estimate of drug-likeness (QED) is 0.403. The number of hydrogen-bond donors (Lipinski definition) is 0. The van der Waals surface area contributed by atoms with Crippen molar-refractivity contribution >= 4 is 39.3 Å². The molecule has 0 bridgehead atoms. The van der Waals surface area contributed by atoms with Crippen LogP contribution in [-0.2, 0) is 12.3 Å². The third-order valence-corrected chi connectivity index (χ3v) is 7.52. The predicted molar refractivity (Wildman–Crippen MR) is 118 cm³/mol. The molecule has 150 valence electrons. The van der Waals surface area contributed by atoms with Gasteiger partial charge in [0.1, 0.15) is 10.8 Å². The summed E-state index contributed by atoms with van der Waals surface area (Å²) in [6.45, 7) is 5.02. The largest absolute Gasteiger partial charge is 0.467 e. The summed E-state index contributed by atoms with van der Waals surface area (Å²) in [5.74, 6) is 3.42. The van der Waals surface area contributed by atoms with Gasteiger partial charge in [-0.1, -0.05) is 30.8 Å². The zero-order valence-electron chi connectivity index (χ0n) is 16.3. The lowest BCUT2D eigenvalue weighted by Crippen LogP contribution is -2.35. The molecular weight excluding hydrogens is 402 g/mol. The Balaban J connectivity index is 1.39. The fourth-order valence-electron chi connectivity index (χ4n) is 3.64. The van der Waals surface area contributed by atoms with Crippen LogP contribution in [0.4, 0.5) is 5.95 Å². The second-order valence-corrected chi connectivity index (χ2v) is 9.54. The third-order valence-electron chi connectivity index (χ3n) is 5.32. The SMILES string of the molecule is CC1CCN(c2nnc(SCc3nc4ccccc4s3)n2Cc2ccco2)CC1. The second kappa shape index (κ2) is 8.20. The van der Waals surface area contributed by atoms with E-state index in [1.54, 1.807) is 29.4 Å². The Labute approximate surface area is 178 Å². The van der Waals surface area contributed by atoms with Crippen LogP contribution in [0, 0.1) is 5.92 Å². The van der Waals surface area contributed by atoms with Crippen molar-refractivity contribution in [2.24, 2.45) is 5.92 Å². The number of nitrogens with zero attached hydrogens (tertiary/aromatic N) is 5. The molecule has 29 heavy (non-hydrogen) atoms. The van der Waals surface area contributed by atoms with E-state index in [-0.39, 0.29) is 0 Å². The molecule has 1 aliphatic heterocycles. The van der Waals surface area contributed by atoms with Gasteiger partial charge in [-0.25, -0.2) is 4.98 Å². The molecule has 0 amide bonds. The molecule has 0 unspecified atom stereocenters. The Kier molecular flexibility index (Phi) is 5.28. The molecule has 0 spiro atoms. The Hall–Kier alpha value is -2.32. The van der Waals surface area contributed by atoms with Crippen molar-refractivity contribution in [2.45, 2.75) is 37.2 Å². The molecule has 3 aromatic heterocycles. The summed E-state index contributed by atoms with van der Waals surface area (Å²) in [6, 6.07) is 12.2. The van der Waals surface area contributed by atoms with Gasteiger partial charge in [0.25, 0.3) is 0 Å². The molecular formula is C21H23N5OS2. The molecule has 0 radical (unpaired) electrons. The summed E-state index contributed by atoms with van der Waals surface area (Å²) in [5.41, 5.74) is 1.06. The first-order chi connectivity index (χ1) is 14.3. The van der Waals surface area contributed by atoms with Crippen LogP contribution in [0.2, 0.25) is 0 Å². The number of benzene rings is 1. The molecule has 0 aliphatic carbocycles. The van der Waals surface area contributed by atoms with E-state index in [0.717, 1.165) is 52.1 Å². The highest BCUT2D eigenvalue weighted by atomic mass is 32.2. The minimum absolute atomic E-state index is 0.642. The molecule has 0 saturated carbocycles. The van der Waals surface area contributed by atoms with Gasteiger partial charge in [0, 0.05) is 13.1 Å². The van der Waals surface area contributed by atoms with Crippen LogP contribution in [0.1, 0.15) is 30.5 Å². The molecule has 8 heteroatoms. The Bertz CT molecular complexity index is 1050. The number of aromatic nitrogens is 4. The van der Waals surface area contributed by atoms with Crippen LogP contribution in [0.5, 0.6) is 0 Å². The van der Waals surface area contributed by atoms with Gasteiger partial charge in [-0.3, -0.25) is 4.57 Å². The topological polar surface area (TPSA) is 60.0 Å². The van der Waals surface area contributed by atoms with Crippen molar-refractivity contribution in [2.75, 3.05) is 18.0 Å². The number of thioether (sulfide) groups is 1. The highest BCUT2D eigenvalue weighted by Crippen LogP contribution is 2.31. The minimum atomic E-state index is 0.642. The van der Waals surface area contributed by atoms with Crippen LogP contribution in [0.15, 0.2) is 52.2 Å². The number of furan rings is 1. The van der Waals surface area contributed by atoms with Crippen LogP contribution < -0.4 is 4.90 Å². The van der Waals surface area contributed by atoms with Gasteiger partial charge in [0.2, 0.25) is 5.95 Å². The number of para-hydroxylation sites is 1. The van der Waals surface area contributed by atoms with E-state index >= 15 is 0 Å². The van der Waals surface area contributed by atoms with Crippen LogP contribution >= 0.6 is 23.1 Å². The monoisotopic (exact) mass is 425 g/mol. The standard InChI is InChI=1S/C21H23N5OS2/c1-15-8-10-25(11-9-15)20-23-24-21(26(20)13-16-5-4-12-27-16)28-14-19-22-17-6-2-3-7-18(17)29-19/h2-7,12,15H,8-11,13-14H2,1H3. The summed E-state index contributed by atoms with van der Waals surface area (Å²) in [7, 11) is 0. The fourth-order valence-corrected chi connectivity index (χ4v) is 5.53. The van der Waals surface area contributed by atoms with Gasteiger partial charge in [0.15, 0.2) is 5.16 Å². The second-order valence-electron chi connectivity index (χ2n) is 7.48. The number of piperidine rings is 1. The number of anilines is 1. The molecule has 4 heterocycles. The maximum atomic E-state index is 5.61. The molecule has 6 nitrogen and oxygen atoms in total. The number of rotatable bonds is 6.